The van der Waals surface area contributed by atoms with Gasteiger partial charge in [0.2, 0.25) is 0 Å². The van der Waals surface area contributed by atoms with Crippen molar-refractivity contribution in [1.29, 1.82) is 0 Å². The molecule has 0 spiro atoms. The summed E-state index contributed by atoms with van der Waals surface area (Å²) in [6.07, 6.45) is 4.12. The van der Waals surface area contributed by atoms with Crippen LogP contribution < -0.4 is 19.1 Å². The first kappa shape index (κ1) is 26.2. The van der Waals surface area contributed by atoms with Gasteiger partial charge < -0.3 is 18.9 Å². The van der Waals surface area contributed by atoms with Crippen molar-refractivity contribution in [3.63, 3.8) is 0 Å². The summed E-state index contributed by atoms with van der Waals surface area (Å²) in [5.41, 5.74) is 1.48. The van der Waals surface area contributed by atoms with Crippen LogP contribution in [-0.4, -0.2) is 76.5 Å². The lowest BCUT2D eigenvalue weighted by atomic mass is 10.2. The zero-order valence-electron chi connectivity index (χ0n) is 20.7. The minimum absolute atomic E-state index is 0.166. The molecule has 1 amide bonds. The number of carbonyl (C=O) groups is 1. The van der Waals surface area contributed by atoms with E-state index in [0.717, 1.165) is 49.5 Å². The number of ether oxygens (including phenoxy) is 4. The highest BCUT2D eigenvalue weighted by molar-refractivity contribution is 7.23. The van der Waals surface area contributed by atoms with Crippen molar-refractivity contribution in [1.82, 2.24) is 9.88 Å². The van der Waals surface area contributed by atoms with Crippen LogP contribution in [0.1, 0.15) is 12.0 Å². The van der Waals surface area contributed by atoms with Crippen LogP contribution in [0.2, 0.25) is 5.02 Å². The Morgan fingerprint density at radius 2 is 1.83 bits per heavy atom. The molecule has 0 bridgehead atoms. The van der Waals surface area contributed by atoms with Gasteiger partial charge in [0.1, 0.15) is 11.3 Å². The first-order valence-electron chi connectivity index (χ1n) is 11.7. The smallest absolute Gasteiger partial charge is 0.252 e. The molecular weight excluding hydrogens is 502 g/mol. The second-order valence-electron chi connectivity index (χ2n) is 8.17. The molecule has 0 radical (unpaired) electrons. The molecule has 36 heavy (non-hydrogen) atoms. The summed E-state index contributed by atoms with van der Waals surface area (Å²) in [6.45, 7) is 4.69. The summed E-state index contributed by atoms with van der Waals surface area (Å²) in [5, 5.41) is 1.16. The lowest BCUT2D eigenvalue weighted by Gasteiger charge is -2.27. The van der Waals surface area contributed by atoms with E-state index in [1.54, 1.807) is 50.5 Å². The van der Waals surface area contributed by atoms with Crippen LogP contribution in [0.5, 0.6) is 17.2 Å². The van der Waals surface area contributed by atoms with Crippen molar-refractivity contribution in [3.05, 3.63) is 47.0 Å². The number of benzene rings is 2. The van der Waals surface area contributed by atoms with E-state index in [1.807, 2.05) is 18.2 Å². The summed E-state index contributed by atoms with van der Waals surface area (Å²) in [4.78, 5) is 22.2. The number of fused-ring (bicyclic) bond motifs is 1. The molecule has 2 aromatic carbocycles. The number of rotatable bonds is 10. The maximum absolute atomic E-state index is 13.4. The molecule has 1 fully saturated rings. The maximum Gasteiger partial charge on any atom is 0.252 e. The highest BCUT2D eigenvalue weighted by Crippen LogP contribution is 2.39. The molecule has 1 saturated heterocycles. The van der Waals surface area contributed by atoms with Crippen LogP contribution in [0.15, 0.2) is 36.4 Å². The van der Waals surface area contributed by atoms with E-state index in [0.29, 0.717) is 39.5 Å². The molecular formula is C26H30ClN3O5S. The van der Waals surface area contributed by atoms with Crippen LogP contribution in [-0.2, 0) is 9.53 Å². The predicted octanol–water partition coefficient (Wildman–Crippen LogP) is 4.74. The lowest BCUT2D eigenvalue weighted by molar-refractivity contribution is -0.114. The van der Waals surface area contributed by atoms with Crippen molar-refractivity contribution in [2.24, 2.45) is 0 Å². The fourth-order valence-corrected chi connectivity index (χ4v) is 5.30. The average Bonchev–Trinajstić information content (AvgIpc) is 3.36. The standard InChI is InChI=1S/C26H30ClN3O5S/c1-32-20-8-5-18(17-22(20)34-3)6-10-23(31)30(12-4-11-29-13-15-35-16-14-29)26-28-24-21(33-2)9-7-19(27)25(24)36-26/h5-10,17H,4,11-16H2,1-3H3/b10-6+. The predicted molar refractivity (Wildman–Crippen MR) is 144 cm³/mol. The molecule has 192 valence electrons. The van der Waals surface area contributed by atoms with E-state index in [-0.39, 0.29) is 5.91 Å². The SMILES string of the molecule is COc1ccc(/C=C/C(=O)N(CCCN2CCOCC2)c2nc3c(OC)ccc(Cl)c3s2)cc1OC. The molecule has 3 aromatic rings. The number of hydrogen-bond acceptors (Lipinski definition) is 8. The number of amides is 1. The second kappa shape index (κ2) is 12.4. The third-order valence-electron chi connectivity index (χ3n) is 5.95. The molecule has 4 rings (SSSR count). The topological polar surface area (TPSA) is 73.4 Å². The van der Waals surface area contributed by atoms with Crippen molar-refractivity contribution in [3.8, 4) is 17.2 Å². The van der Waals surface area contributed by atoms with E-state index in [1.165, 1.54) is 11.3 Å². The van der Waals surface area contributed by atoms with Crippen LogP contribution in [0.3, 0.4) is 0 Å². The zero-order chi connectivity index (χ0) is 25.5. The molecule has 0 unspecified atom stereocenters. The molecule has 1 aliphatic heterocycles. The number of aromatic nitrogens is 1. The van der Waals surface area contributed by atoms with Crippen LogP contribution in [0, 0.1) is 0 Å². The van der Waals surface area contributed by atoms with Gasteiger partial charge in [-0.05, 0) is 42.3 Å². The number of halogens is 1. The second-order valence-corrected chi connectivity index (χ2v) is 9.55. The number of carbonyl (C=O) groups excluding carboxylic acids is 1. The van der Waals surface area contributed by atoms with Crippen LogP contribution in [0.4, 0.5) is 5.13 Å². The van der Waals surface area contributed by atoms with Gasteiger partial charge in [-0.1, -0.05) is 29.0 Å². The number of anilines is 1. The van der Waals surface area contributed by atoms with Crippen molar-refractivity contribution >= 4 is 50.3 Å². The average molecular weight is 532 g/mol. The number of hydrogen-bond donors (Lipinski definition) is 0. The third kappa shape index (κ3) is 6.10. The van der Waals surface area contributed by atoms with Gasteiger partial charge in [-0.25, -0.2) is 4.98 Å². The van der Waals surface area contributed by atoms with Gasteiger partial charge in [-0.15, -0.1) is 0 Å². The van der Waals surface area contributed by atoms with Gasteiger partial charge in [-0.3, -0.25) is 14.6 Å². The Bertz CT molecular complexity index is 1230. The fraction of sp³-hybridized carbons (Fsp3) is 0.385. The quantitative estimate of drug-likeness (QED) is 0.350. The first-order chi connectivity index (χ1) is 17.5. The van der Waals surface area contributed by atoms with Gasteiger partial charge >= 0.3 is 0 Å². The highest BCUT2D eigenvalue weighted by Gasteiger charge is 2.21. The number of nitrogens with zero attached hydrogens (tertiary/aromatic N) is 3. The van der Waals surface area contributed by atoms with Crippen molar-refractivity contribution < 1.29 is 23.7 Å². The third-order valence-corrected chi connectivity index (χ3v) is 7.49. The Hall–Kier alpha value is -2.85. The maximum atomic E-state index is 13.4. The summed E-state index contributed by atoms with van der Waals surface area (Å²) in [7, 11) is 4.77. The Labute approximate surface area is 220 Å². The van der Waals surface area contributed by atoms with Gasteiger partial charge in [0.15, 0.2) is 16.6 Å². The fourth-order valence-electron chi connectivity index (χ4n) is 4.01. The minimum Gasteiger partial charge on any atom is -0.494 e. The van der Waals surface area contributed by atoms with Gasteiger partial charge in [-0.2, -0.15) is 0 Å². The van der Waals surface area contributed by atoms with E-state index in [2.05, 4.69) is 4.90 Å². The molecule has 2 heterocycles. The van der Waals surface area contributed by atoms with Crippen LogP contribution >= 0.6 is 22.9 Å². The Morgan fingerprint density at radius 1 is 1.11 bits per heavy atom. The Morgan fingerprint density at radius 3 is 2.56 bits per heavy atom. The molecule has 1 aliphatic rings. The molecule has 8 nitrogen and oxygen atoms in total. The Balaban J connectivity index is 1.58. The normalized spacial score (nSPS) is 14.3. The number of morpholine rings is 1. The van der Waals surface area contributed by atoms with E-state index < -0.39 is 0 Å². The lowest BCUT2D eigenvalue weighted by Crippen LogP contribution is -2.39. The van der Waals surface area contributed by atoms with Crippen LogP contribution in [0.25, 0.3) is 16.3 Å². The molecule has 0 aliphatic carbocycles. The van der Waals surface area contributed by atoms with E-state index in [9.17, 15) is 4.79 Å². The van der Waals surface area contributed by atoms with Gasteiger partial charge in [0.05, 0.1) is 44.3 Å². The number of thiazole rings is 1. The van der Waals surface area contributed by atoms with Gasteiger partial charge in [0, 0.05) is 32.3 Å². The Kier molecular flexibility index (Phi) is 9.03. The molecule has 10 heteroatoms. The van der Waals surface area contributed by atoms with E-state index >= 15 is 0 Å². The first-order valence-corrected chi connectivity index (χ1v) is 12.9. The molecule has 1 aromatic heterocycles. The monoisotopic (exact) mass is 531 g/mol. The summed E-state index contributed by atoms with van der Waals surface area (Å²) >= 11 is 7.83. The van der Waals surface area contributed by atoms with Crippen molar-refractivity contribution in [2.45, 2.75) is 6.42 Å². The van der Waals surface area contributed by atoms with Crippen molar-refractivity contribution in [2.75, 3.05) is 65.6 Å². The van der Waals surface area contributed by atoms with Gasteiger partial charge in [0.25, 0.3) is 5.91 Å². The molecule has 0 saturated carbocycles. The summed E-state index contributed by atoms with van der Waals surface area (Å²) in [5.74, 6) is 1.69. The molecule has 0 N–H and O–H groups in total. The minimum atomic E-state index is -0.166. The highest BCUT2D eigenvalue weighted by atomic mass is 35.5. The summed E-state index contributed by atoms with van der Waals surface area (Å²) in [6, 6.07) is 9.08. The zero-order valence-corrected chi connectivity index (χ0v) is 22.2. The van der Waals surface area contributed by atoms with E-state index in [4.69, 9.17) is 35.5 Å². The molecule has 0 atom stereocenters. The summed E-state index contributed by atoms with van der Waals surface area (Å²) < 4.78 is 22.4. The largest absolute Gasteiger partial charge is 0.494 e. The number of methoxy groups -OCH3 is 3.